The van der Waals surface area contributed by atoms with Crippen molar-refractivity contribution in [2.45, 2.75) is 12.8 Å². The molecule has 0 aromatic heterocycles. The summed E-state index contributed by atoms with van der Waals surface area (Å²) >= 11 is 0. The van der Waals surface area contributed by atoms with Gasteiger partial charge in [-0.15, -0.1) is 0 Å². The molecule has 0 fully saturated rings. The maximum atomic E-state index is 8.56. The third-order valence-corrected chi connectivity index (χ3v) is 4.36. The lowest BCUT2D eigenvalue weighted by molar-refractivity contribution is -0.249. The number of aliphatic hydroxyl groups excluding tert-OH is 1. The van der Waals surface area contributed by atoms with Gasteiger partial charge in [0.1, 0.15) is 6.61 Å². The Labute approximate surface area is 221 Å². The third kappa shape index (κ3) is 35.5. The molecular weight excluding hydrogens is 496 g/mol. The third-order valence-electron chi connectivity index (χ3n) is 4.36. The van der Waals surface area contributed by atoms with Crippen molar-refractivity contribution < 1.29 is 62.6 Å². The molecule has 0 radical (unpaired) electrons. The van der Waals surface area contributed by atoms with Crippen LogP contribution in [0.25, 0.3) is 0 Å². The fourth-order valence-electron chi connectivity index (χ4n) is 2.53. The number of rotatable bonds is 34. The van der Waals surface area contributed by atoms with Gasteiger partial charge in [0.15, 0.2) is 0 Å². The second kappa shape index (κ2) is 35.5. The highest BCUT2D eigenvalue weighted by Crippen LogP contribution is 1.93. The van der Waals surface area contributed by atoms with Gasteiger partial charge in [-0.05, 0) is 12.8 Å². The van der Waals surface area contributed by atoms with Crippen LogP contribution in [-0.4, -0.2) is 156 Å². The van der Waals surface area contributed by atoms with Crippen molar-refractivity contribution in [1.82, 2.24) is 0 Å². The predicted octanol–water partition coefficient (Wildman–Crippen LogP) is 0.415. The molecule has 0 atom stereocenters. The zero-order valence-corrected chi connectivity index (χ0v) is 22.4. The van der Waals surface area contributed by atoms with E-state index in [1.807, 2.05) is 0 Å². The SMILES string of the molecule is OCCOCCOCCOCCOCCOCCCCOCCOCCOCCOCCOCCOO. The monoisotopic (exact) mass is 546 g/mol. The smallest absolute Gasteiger partial charge is 0.105 e. The van der Waals surface area contributed by atoms with Crippen molar-refractivity contribution in [3.05, 3.63) is 0 Å². The van der Waals surface area contributed by atoms with Crippen LogP contribution in [0.3, 0.4) is 0 Å². The Balaban J connectivity index is 3.00. The molecule has 0 unspecified atom stereocenters. The minimum atomic E-state index is 0.0286. The fourth-order valence-corrected chi connectivity index (χ4v) is 2.53. The van der Waals surface area contributed by atoms with E-state index in [0.717, 1.165) is 12.8 Å². The van der Waals surface area contributed by atoms with Crippen LogP contribution >= 0.6 is 0 Å². The molecule has 0 spiro atoms. The van der Waals surface area contributed by atoms with E-state index in [2.05, 4.69) is 4.89 Å². The summed E-state index contributed by atoms with van der Waals surface area (Å²) in [5.41, 5.74) is 0. The molecule has 0 aromatic carbocycles. The van der Waals surface area contributed by atoms with Gasteiger partial charge in [-0.25, -0.2) is 4.89 Å². The van der Waals surface area contributed by atoms with Crippen molar-refractivity contribution in [3.63, 3.8) is 0 Å². The Morgan fingerprint density at radius 3 is 0.730 bits per heavy atom. The molecule has 13 nitrogen and oxygen atoms in total. The highest BCUT2D eigenvalue weighted by Gasteiger charge is 1.96. The lowest BCUT2D eigenvalue weighted by Gasteiger charge is -2.08. The van der Waals surface area contributed by atoms with E-state index < -0.39 is 0 Å². The lowest BCUT2D eigenvalue weighted by atomic mass is 10.3. The summed E-state index contributed by atoms with van der Waals surface area (Å²) in [6, 6.07) is 0. The number of hydrogen-bond acceptors (Lipinski definition) is 13. The molecule has 0 aliphatic rings. The van der Waals surface area contributed by atoms with E-state index in [-0.39, 0.29) is 13.2 Å². The van der Waals surface area contributed by atoms with Gasteiger partial charge in [0.25, 0.3) is 0 Å². The number of unbranched alkanes of at least 4 members (excludes halogenated alkanes) is 1. The Hall–Kier alpha value is -0.520. The zero-order valence-electron chi connectivity index (χ0n) is 22.4. The van der Waals surface area contributed by atoms with Crippen LogP contribution in [0.4, 0.5) is 0 Å². The summed E-state index contributed by atoms with van der Waals surface area (Å²) in [6.07, 6.45) is 1.88. The van der Waals surface area contributed by atoms with Crippen LogP contribution < -0.4 is 0 Å². The standard InChI is InChI=1S/C24H50O13/c25-3-6-29-9-12-32-15-18-33-16-13-30-10-7-27-4-1-2-5-28-8-11-31-14-17-34-19-20-35-21-22-36-23-24-37-26/h25-26H,1-24H2. The Morgan fingerprint density at radius 2 is 0.486 bits per heavy atom. The minimum Gasteiger partial charge on any atom is -0.394 e. The van der Waals surface area contributed by atoms with Gasteiger partial charge in [-0.3, -0.25) is 5.26 Å². The van der Waals surface area contributed by atoms with Crippen LogP contribution in [0, 0.1) is 0 Å². The Kier molecular flexibility index (Phi) is 35.0. The molecule has 0 rings (SSSR count). The van der Waals surface area contributed by atoms with Crippen LogP contribution in [0.1, 0.15) is 12.8 Å². The molecule has 0 heterocycles. The molecule has 2 N–H and O–H groups in total. The number of ether oxygens (including phenoxy) is 10. The van der Waals surface area contributed by atoms with E-state index >= 15 is 0 Å². The van der Waals surface area contributed by atoms with Crippen molar-refractivity contribution >= 4 is 0 Å². The highest BCUT2D eigenvalue weighted by atomic mass is 17.1. The molecule has 0 aromatic rings. The first-order valence-electron chi connectivity index (χ1n) is 13.1. The van der Waals surface area contributed by atoms with Gasteiger partial charge < -0.3 is 52.5 Å². The molecule has 0 saturated heterocycles. The van der Waals surface area contributed by atoms with Crippen molar-refractivity contribution in [2.75, 3.05) is 145 Å². The summed E-state index contributed by atoms with van der Waals surface area (Å²) in [5, 5.41) is 16.7. The van der Waals surface area contributed by atoms with Gasteiger partial charge in [0, 0.05) is 13.2 Å². The summed E-state index contributed by atoms with van der Waals surface area (Å²) in [6.45, 7) is 10.5. The first-order chi connectivity index (χ1) is 18.4. The maximum Gasteiger partial charge on any atom is 0.105 e. The van der Waals surface area contributed by atoms with Crippen LogP contribution in [0.2, 0.25) is 0 Å². The van der Waals surface area contributed by atoms with Gasteiger partial charge >= 0.3 is 0 Å². The summed E-state index contributed by atoms with van der Waals surface area (Å²) < 4.78 is 53.6. The van der Waals surface area contributed by atoms with Gasteiger partial charge in [0.2, 0.25) is 0 Å². The molecule has 224 valence electrons. The average Bonchev–Trinajstić information content (AvgIpc) is 2.91. The first-order valence-corrected chi connectivity index (χ1v) is 13.1. The van der Waals surface area contributed by atoms with Gasteiger partial charge in [-0.2, -0.15) is 0 Å². The molecule has 0 saturated carbocycles. The lowest BCUT2D eigenvalue weighted by Crippen LogP contribution is -2.14. The van der Waals surface area contributed by atoms with E-state index in [0.29, 0.717) is 132 Å². The normalized spacial score (nSPS) is 11.5. The number of aliphatic hydroxyl groups is 1. The van der Waals surface area contributed by atoms with Crippen LogP contribution in [0.5, 0.6) is 0 Å². The summed E-state index contributed by atoms with van der Waals surface area (Å²) in [4.78, 5) is 3.89. The topological polar surface area (TPSA) is 142 Å². The molecule has 0 aliphatic carbocycles. The molecule has 13 heteroatoms. The number of hydrogen-bond donors (Lipinski definition) is 2. The second-order valence-electron chi connectivity index (χ2n) is 7.39. The highest BCUT2D eigenvalue weighted by molar-refractivity contribution is 4.41. The first kappa shape index (κ1) is 36.5. The van der Waals surface area contributed by atoms with Crippen molar-refractivity contribution in [1.29, 1.82) is 0 Å². The van der Waals surface area contributed by atoms with Gasteiger partial charge in [0.05, 0.1) is 126 Å². The average molecular weight is 547 g/mol. The molecule has 0 aliphatic heterocycles. The second-order valence-corrected chi connectivity index (χ2v) is 7.39. The van der Waals surface area contributed by atoms with E-state index in [9.17, 15) is 0 Å². The Morgan fingerprint density at radius 1 is 0.270 bits per heavy atom. The van der Waals surface area contributed by atoms with E-state index in [1.165, 1.54) is 0 Å². The summed E-state index contributed by atoms with van der Waals surface area (Å²) in [7, 11) is 0. The molecule has 37 heavy (non-hydrogen) atoms. The van der Waals surface area contributed by atoms with Crippen molar-refractivity contribution in [2.24, 2.45) is 0 Å². The molecular formula is C24H50O13. The Bertz CT molecular complexity index is 360. The molecule has 0 amide bonds. The maximum absolute atomic E-state index is 8.56. The predicted molar refractivity (Wildman–Crippen MR) is 133 cm³/mol. The van der Waals surface area contributed by atoms with Crippen molar-refractivity contribution in [3.8, 4) is 0 Å². The zero-order chi connectivity index (χ0) is 26.7. The van der Waals surface area contributed by atoms with Crippen LogP contribution in [-0.2, 0) is 52.3 Å². The summed E-state index contributed by atoms with van der Waals surface area (Å²) in [5.74, 6) is 0. The van der Waals surface area contributed by atoms with Crippen LogP contribution in [0.15, 0.2) is 0 Å². The van der Waals surface area contributed by atoms with E-state index in [4.69, 9.17) is 57.7 Å². The largest absolute Gasteiger partial charge is 0.394 e. The fraction of sp³-hybridized carbons (Fsp3) is 1.00. The quantitative estimate of drug-likeness (QED) is 0.0654. The van der Waals surface area contributed by atoms with Gasteiger partial charge in [-0.1, -0.05) is 0 Å². The minimum absolute atomic E-state index is 0.0286. The molecule has 0 bridgehead atoms. The van der Waals surface area contributed by atoms with E-state index in [1.54, 1.807) is 0 Å².